The molecule has 4 heteroatoms. The molecule has 0 aliphatic carbocycles. The van der Waals surface area contributed by atoms with Crippen LogP contribution in [0.15, 0.2) is 24.5 Å². The van der Waals surface area contributed by atoms with Gasteiger partial charge in [-0.25, -0.2) is 8.78 Å². The van der Waals surface area contributed by atoms with Gasteiger partial charge >= 0.3 is 0 Å². The van der Waals surface area contributed by atoms with Crippen molar-refractivity contribution >= 4 is 0 Å². The van der Waals surface area contributed by atoms with E-state index in [2.05, 4.69) is 10.3 Å². The first-order chi connectivity index (χ1) is 6.61. The Morgan fingerprint density at radius 1 is 1.36 bits per heavy atom. The van der Waals surface area contributed by atoms with E-state index in [1.54, 1.807) is 18.5 Å². The summed E-state index contributed by atoms with van der Waals surface area (Å²) in [5, 5.41) is 2.81. The second-order valence-corrected chi connectivity index (χ2v) is 3.30. The van der Waals surface area contributed by atoms with Crippen molar-refractivity contribution in [2.24, 2.45) is 0 Å². The molecule has 0 bridgehead atoms. The fourth-order valence-electron chi connectivity index (χ4n) is 1.20. The number of nitrogens with one attached hydrogen (secondary N) is 1. The van der Waals surface area contributed by atoms with Gasteiger partial charge in [0.2, 0.25) is 0 Å². The van der Waals surface area contributed by atoms with Crippen LogP contribution in [0, 0.1) is 0 Å². The third kappa shape index (κ3) is 3.03. The predicted molar refractivity (Wildman–Crippen MR) is 51.3 cm³/mol. The first-order valence-electron chi connectivity index (χ1n) is 4.55. The number of aromatic nitrogens is 1. The lowest BCUT2D eigenvalue weighted by Crippen LogP contribution is -2.34. The highest BCUT2D eigenvalue weighted by Gasteiger charge is 2.17. The normalized spacial score (nSPS) is 15.5. The number of alkyl halides is 2. The van der Waals surface area contributed by atoms with Crippen LogP contribution in [0.25, 0.3) is 0 Å². The summed E-state index contributed by atoms with van der Waals surface area (Å²) >= 11 is 0. The fourth-order valence-corrected chi connectivity index (χ4v) is 1.20. The zero-order chi connectivity index (χ0) is 10.6. The van der Waals surface area contributed by atoms with Gasteiger partial charge in [0.1, 0.15) is 0 Å². The highest BCUT2D eigenvalue weighted by atomic mass is 19.3. The third-order valence-corrected chi connectivity index (χ3v) is 2.08. The van der Waals surface area contributed by atoms with E-state index < -0.39 is 12.5 Å². The maximum absolute atomic E-state index is 12.2. The van der Waals surface area contributed by atoms with Gasteiger partial charge in [-0.2, -0.15) is 0 Å². The largest absolute Gasteiger partial charge is 0.302 e. The summed E-state index contributed by atoms with van der Waals surface area (Å²) < 4.78 is 24.5. The summed E-state index contributed by atoms with van der Waals surface area (Å²) in [6.45, 7) is 3.31. The van der Waals surface area contributed by atoms with Gasteiger partial charge in [-0.05, 0) is 25.5 Å². The Balaban J connectivity index is 2.55. The average molecular weight is 200 g/mol. The molecule has 0 aliphatic heterocycles. The zero-order valence-electron chi connectivity index (χ0n) is 8.24. The van der Waals surface area contributed by atoms with Gasteiger partial charge in [0.25, 0.3) is 6.43 Å². The molecule has 0 amide bonds. The molecular formula is C10H14F2N2. The van der Waals surface area contributed by atoms with Crippen molar-refractivity contribution in [1.29, 1.82) is 0 Å². The molecule has 2 nitrogen and oxygen atoms in total. The Bertz CT molecular complexity index is 264. The van der Waals surface area contributed by atoms with E-state index in [0.717, 1.165) is 5.56 Å². The smallest absolute Gasteiger partial charge is 0.253 e. The van der Waals surface area contributed by atoms with Crippen molar-refractivity contribution in [2.75, 3.05) is 0 Å². The van der Waals surface area contributed by atoms with Crippen molar-refractivity contribution in [2.45, 2.75) is 32.4 Å². The minimum absolute atomic E-state index is 0.104. The molecule has 0 spiro atoms. The standard InChI is InChI=1S/C10H14F2N2/c1-7(14-8(2)10(11)12)9-4-3-5-13-6-9/h3-8,10,14H,1-2H3/t7-,8?/m1/s1. The van der Waals surface area contributed by atoms with Crippen LogP contribution < -0.4 is 5.32 Å². The molecule has 0 saturated carbocycles. The lowest BCUT2D eigenvalue weighted by molar-refractivity contribution is 0.101. The number of nitrogens with zero attached hydrogens (tertiary/aromatic N) is 1. The van der Waals surface area contributed by atoms with Gasteiger partial charge in [-0.1, -0.05) is 6.07 Å². The van der Waals surface area contributed by atoms with Crippen LogP contribution in [0.2, 0.25) is 0 Å². The van der Waals surface area contributed by atoms with E-state index in [-0.39, 0.29) is 6.04 Å². The summed E-state index contributed by atoms with van der Waals surface area (Å²) in [7, 11) is 0. The second kappa shape index (κ2) is 5.00. The Morgan fingerprint density at radius 2 is 2.07 bits per heavy atom. The summed E-state index contributed by atoms with van der Waals surface area (Å²) in [6, 6.07) is 2.75. The number of pyridine rings is 1. The van der Waals surface area contributed by atoms with Crippen molar-refractivity contribution in [3.05, 3.63) is 30.1 Å². The van der Waals surface area contributed by atoms with E-state index in [4.69, 9.17) is 0 Å². The van der Waals surface area contributed by atoms with E-state index >= 15 is 0 Å². The van der Waals surface area contributed by atoms with Gasteiger partial charge in [0, 0.05) is 18.4 Å². The molecule has 1 N–H and O–H groups in total. The van der Waals surface area contributed by atoms with Gasteiger partial charge in [0.15, 0.2) is 0 Å². The van der Waals surface area contributed by atoms with Gasteiger partial charge in [-0.15, -0.1) is 0 Å². The van der Waals surface area contributed by atoms with E-state index in [1.165, 1.54) is 6.92 Å². The predicted octanol–water partition coefficient (Wildman–Crippen LogP) is 2.39. The summed E-state index contributed by atoms with van der Waals surface area (Å²) in [5.74, 6) is 0. The number of hydrogen-bond donors (Lipinski definition) is 1. The molecule has 0 aromatic carbocycles. The summed E-state index contributed by atoms with van der Waals surface area (Å²) in [5.41, 5.74) is 0.917. The quantitative estimate of drug-likeness (QED) is 0.807. The molecule has 14 heavy (non-hydrogen) atoms. The first kappa shape index (κ1) is 11.0. The summed E-state index contributed by atoms with van der Waals surface area (Å²) in [6.07, 6.45) is 0.997. The van der Waals surface area contributed by atoms with Gasteiger partial charge in [-0.3, -0.25) is 4.98 Å². The maximum Gasteiger partial charge on any atom is 0.253 e. The van der Waals surface area contributed by atoms with E-state index in [9.17, 15) is 8.78 Å². The van der Waals surface area contributed by atoms with Crippen LogP contribution in [-0.4, -0.2) is 17.5 Å². The molecule has 1 aromatic heterocycles. The highest BCUT2D eigenvalue weighted by molar-refractivity contribution is 5.12. The van der Waals surface area contributed by atoms with Crippen molar-refractivity contribution in [3.63, 3.8) is 0 Å². The zero-order valence-corrected chi connectivity index (χ0v) is 8.24. The molecule has 0 aliphatic rings. The minimum atomic E-state index is -2.34. The van der Waals surface area contributed by atoms with Gasteiger partial charge < -0.3 is 5.32 Å². The second-order valence-electron chi connectivity index (χ2n) is 3.30. The Labute approximate surface area is 82.4 Å². The SMILES string of the molecule is CC(N[C@H](C)c1cccnc1)C(F)F. The van der Waals surface area contributed by atoms with E-state index in [1.807, 2.05) is 13.0 Å². The Hall–Kier alpha value is -1.03. The maximum atomic E-state index is 12.2. The van der Waals surface area contributed by atoms with Crippen molar-refractivity contribution < 1.29 is 8.78 Å². The summed E-state index contributed by atoms with van der Waals surface area (Å²) in [4.78, 5) is 3.93. The molecule has 1 rings (SSSR count). The van der Waals surface area contributed by atoms with E-state index in [0.29, 0.717) is 0 Å². The molecule has 1 heterocycles. The molecule has 78 valence electrons. The Kier molecular flexibility index (Phi) is 3.95. The molecule has 0 radical (unpaired) electrons. The Morgan fingerprint density at radius 3 is 2.57 bits per heavy atom. The molecule has 1 aromatic rings. The number of rotatable bonds is 4. The van der Waals surface area contributed by atoms with Gasteiger partial charge in [0.05, 0.1) is 6.04 Å². The average Bonchev–Trinajstić information content (AvgIpc) is 2.19. The molecule has 0 saturated heterocycles. The van der Waals surface area contributed by atoms with Crippen LogP contribution in [0.5, 0.6) is 0 Å². The van der Waals surface area contributed by atoms with Crippen LogP contribution in [0.1, 0.15) is 25.5 Å². The number of hydrogen-bond acceptors (Lipinski definition) is 2. The minimum Gasteiger partial charge on any atom is -0.302 e. The molecular weight excluding hydrogens is 186 g/mol. The highest BCUT2D eigenvalue weighted by Crippen LogP contribution is 2.12. The monoisotopic (exact) mass is 200 g/mol. The van der Waals surface area contributed by atoms with Crippen LogP contribution >= 0.6 is 0 Å². The molecule has 2 atom stereocenters. The third-order valence-electron chi connectivity index (χ3n) is 2.08. The fraction of sp³-hybridized carbons (Fsp3) is 0.500. The van der Waals surface area contributed by atoms with Crippen LogP contribution in [0.3, 0.4) is 0 Å². The molecule has 1 unspecified atom stereocenters. The van der Waals surface area contributed by atoms with Crippen LogP contribution in [0.4, 0.5) is 8.78 Å². The topological polar surface area (TPSA) is 24.9 Å². The lowest BCUT2D eigenvalue weighted by atomic mass is 10.1. The van der Waals surface area contributed by atoms with Crippen LogP contribution in [-0.2, 0) is 0 Å². The first-order valence-corrected chi connectivity index (χ1v) is 4.55. The molecule has 0 fully saturated rings. The van der Waals surface area contributed by atoms with Crippen molar-refractivity contribution in [3.8, 4) is 0 Å². The lowest BCUT2D eigenvalue weighted by Gasteiger charge is -2.19. The van der Waals surface area contributed by atoms with Crippen molar-refractivity contribution in [1.82, 2.24) is 10.3 Å². The number of halogens is 2.